The molecule has 3 aromatic carbocycles. The van der Waals surface area contributed by atoms with Gasteiger partial charge in [-0.15, -0.1) is 0 Å². The van der Waals surface area contributed by atoms with Crippen LogP contribution in [0.1, 0.15) is 12.0 Å². The second kappa shape index (κ2) is 9.31. The molecule has 4 aromatic rings. The number of cyclic esters (lactones) is 1. The first-order valence-corrected chi connectivity index (χ1v) is 11.2. The summed E-state index contributed by atoms with van der Waals surface area (Å²) in [5, 5.41) is 4.08. The number of para-hydroxylation sites is 3. The van der Waals surface area contributed by atoms with Gasteiger partial charge < -0.3 is 19.8 Å². The van der Waals surface area contributed by atoms with Gasteiger partial charge in [0.15, 0.2) is 0 Å². The summed E-state index contributed by atoms with van der Waals surface area (Å²) in [7, 11) is 1.65. The van der Waals surface area contributed by atoms with E-state index in [-0.39, 0.29) is 5.91 Å². The lowest BCUT2D eigenvalue weighted by molar-refractivity contribution is -0.116. The fourth-order valence-electron chi connectivity index (χ4n) is 4.34. The maximum absolute atomic E-state index is 13.0. The Morgan fingerprint density at radius 1 is 1.06 bits per heavy atom. The van der Waals surface area contributed by atoms with Crippen molar-refractivity contribution in [2.24, 2.45) is 0 Å². The normalized spacial score (nSPS) is 13.2. The van der Waals surface area contributed by atoms with Crippen LogP contribution in [0.5, 0.6) is 5.75 Å². The first kappa shape index (κ1) is 21.6. The van der Waals surface area contributed by atoms with E-state index in [0.29, 0.717) is 37.4 Å². The van der Waals surface area contributed by atoms with Crippen molar-refractivity contribution in [2.45, 2.75) is 12.8 Å². The van der Waals surface area contributed by atoms with Crippen LogP contribution >= 0.6 is 0 Å². The van der Waals surface area contributed by atoms with Crippen LogP contribution in [0, 0.1) is 0 Å². The number of aromatic nitrogens is 1. The van der Waals surface area contributed by atoms with E-state index in [0.717, 1.165) is 33.5 Å². The van der Waals surface area contributed by atoms with Gasteiger partial charge in [0.2, 0.25) is 5.91 Å². The maximum atomic E-state index is 13.0. The van der Waals surface area contributed by atoms with Crippen molar-refractivity contribution in [1.29, 1.82) is 0 Å². The Hall–Kier alpha value is -4.26. The van der Waals surface area contributed by atoms with E-state index in [1.165, 1.54) is 4.90 Å². The van der Waals surface area contributed by atoms with Gasteiger partial charge in [-0.05, 0) is 60.0 Å². The van der Waals surface area contributed by atoms with E-state index in [2.05, 4.69) is 16.4 Å². The van der Waals surface area contributed by atoms with Crippen molar-refractivity contribution in [3.63, 3.8) is 0 Å². The third-order valence-electron chi connectivity index (χ3n) is 6.02. The van der Waals surface area contributed by atoms with Crippen LogP contribution in [0.3, 0.4) is 0 Å². The number of hydrogen-bond donors (Lipinski definition) is 2. The lowest BCUT2D eigenvalue weighted by atomic mass is 10.0. The molecule has 7 heteroatoms. The highest BCUT2D eigenvalue weighted by Crippen LogP contribution is 2.33. The van der Waals surface area contributed by atoms with Crippen molar-refractivity contribution in [1.82, 2.24) is 4.98 Å². The van der Waals surface area contributed by atoms with E-state index in [1.54, 1.807) is 13.2 Å². The first-order valence-electron chi connectivity index (χ1n) is 11.2. The summed E-state index contributed by atoms with van der Waals surface area (Å²) in [5.74, 6) is 0.673. The molecule has 0 spiro atoms. The molecule has 1 aromatic heterocycles. The summed E-state index contributed by atoms with van der Waals surface area (Å²) >= 11 is 0. The molecule has 34 heavy (non-hydrogen) atoms. The smallest absolute Gasteiger partial charge is 0.414 e. The van der Waals surface area contributed by atoms with Gasteiger partial charge in [0, 0.05) is 23.0 Å². The van der Waals surface area contributed by atoms with Crippen molar-refractivity contribution in [2.75, 3.05) is 30.5 Å². The molecular weight excluding hydrogens is 430 g/mol. The first-order chi connectivity index (χ1) is 16.6. The molecule has 0 aliphatic carbocycles. The van der Waals surface area contributed by atoms with Gasteiger partial charge in [-0.25, -0.2) is 4.79 Å². The Bertz CT molecular complexity index is 1340. The van der Waals surface area contributed by atoms with Gasteiger partial charge >= 0.3 is 6.09 Å². The second-order valence-corrected chi connectivity index (χ2v) is 8.08. The number of hydrogen-bond acceptors (Lipinski definition) is 4. The molecule has 0 unspecified atom stereocenters. The SMILES string of the molecule is COc1ccc(-c2[nH]c3ccccc3c2CCC(=O)Nc2ccccc2N2CCOC2=O)cc1. The number of rotatable bonds is 7. The number of carbonyl (C=O) groups is 2. The Balaban J connectivity index is 1.37. The molecule has 2 N–H and O–H groups in total. The number of nitrogens with zero attached hydrogens (tertiary/aromatic N) is 1. The molecule has 5 rings (SSSR count). The Kier molecular flexibility index (Phi) is 5.91. The van der Waals surface area contributed by atoms with Gasteiger partial charge in [-0.1, -0.05) is 30.3 Å². The van der Waals surface area contributed by atoms with Gasteiger partial charge in [-0.2, -0.15) is 0 Å². The molecule has 0 atom stereocenters. The topological polar surface area (TPSA) is 83.7 Å². The van der Waals surface area contributed by atoms with E-state index in [4.69, 9.17) is 9.47 Å². The zero-order chi connectivity index (χ0) is 23.5. The fraction of sp³-hybridized carbons (Fsp3) is 0.185. The number of methoxy groups -OCH3 is 1. The number of carbonyl (C=O) groups excluding carboxylic acids is 2. The number of H-pyrrole nitrogens is 1. The second-order valence-electron chi connectivity index (χ2n) is 8.08. The summed E-state index contributed by atoms with van der Waals surface area (Å²) in [6, 6.07) is 23.3. The average Bonchev–Trinajstić information content (AvgIpc) is 3.46. The zero-order valence-corrected chi connectivity index (χ0v) is 18.8. The number of anilines is 2. The highest BCUT2D eigenvalue weighted by molar-refractivity contribution is 6.00. The van der Waals surface area contributed by atoms with Crippen LogP contribution in [0.25, 0.3) is 22.2 Å². The number of fused-ring (bicyclic) bond motifs is 1. The number of nitrogens with one attached hydrogen (secondary N) is 2. The molecule has 172 valence electrons. The summed E-state index contributed by atoms with van der Waals surface area (Å²) in [5.41, 5.74) is 5.39. The number of aryl methyl sites for hydroxylation is 1. The quantitative estimate of drug-likeness (QED) is 0.392. The Labute approximate surface area is 197 Å². The average molecular weight is 456 g/mol. The van der Waals surface area contributed by atoms with Crippen molar-refractivity contribution in [3.8, 4) is 17.0 Å². The van der Waals surface area contributed by atoms with E-state index < -0.39 is 6.09 Å². The minimum atomic E-state index is -0.398. The number of amides is 2. The number of ether oxygens (including phenoxy) is 2. The van der Waals surface area contributed by atoms with Crippen molar-refractivity contribution in [3.05, 3.63) is 78.4 Å². The minimum absolute atomic E-state index is 0.119. The molecule has 2 amide bonds. The lowest BCUT2D eigenvalue weighted by Gasteiger charge is -2.17. The summed E-state index contributed by atoms with van der Waals surface area (Å²) < 4.78 is 10.3. The van der Waals surface area contributed by atoms with Crippen LogP contribution in [-0.2, 0) is 16.0 Å². The van der Waals surface area contributed by atoms with E-state index in [1.807, 2.05) is 60.7 Å². The zero-order valence-electron chi connectivity index (χ0n) is 18.8. The predicted molar refractivity (Wildman–Crippen MR) is 132 cm³/mol. The molecule has 0 saturated carbocycles. The van der Waals surface area contributed by atoms with E-state index in [9.17, 15) is 9.59 Å². The van der Waals surface area contributed by atoms with E-state index >= 15 is 0 Å². The third kappa shape index (κ3) is 4.20. The molecule has 1 aliphatic rings. The van der Waals surface area contributed by atoms with Crippen molar-refractivity contribution < 1.29 is 19.1 Å². The molecule has 0 radical (unpaired) electrons. The van der Waals surface area contributed by atoms with Gasteiger partial charge in [-0.3, -0.25) is 9.69 Å². The molecular formula is C27H25N3O4. The fourth-order valence-corrected chi connectivity index (χ4v) is 4.34. The Morgan fingerprint density at radius 3 is 2.59 bits per heavy atom. The van der Waals surface area contributed by atoms with Crippen LogP contribution < -0.4 is 15.0 Å². The standard InChI is InChI=1S/C27H25N3O4/c1-33-19-12-10-18(11-13-19)26-21(20-6-2-3-7-22(20)29-26)14-15-25(31)28-23-8-4-5-9-24(23)30-16-17-34-27(30)32/h2-13,29H,14-17H2,1H3,(H,28,31). The van der Waals surface area contributed by atoms with Gasteiger partial charge in [0.25, 0.3) is 0 Å². The molecule has 1 saturated heterocycles. The predicted octanol–water partition coefficient (Wildman–Crippen LogP) is 5.37. The minimum Gasteiger partial charge on any atom is -0.497 e. The molecule has 1 aliphatic heterocycles. The van der Waals surface area contributed by atoms with Crippen LogP contribution in [0.15, 0.2) is 72.8 Å². The molecule has 7 nitrogen and oxygen atoms in total. The molecule has 2 heterocycles. The van der Waals surface area contributed by atoms with Crippen LogP contribution in [0.4, 0.5) is 16.2 Å². The Morgan fingerprint density at radius 2 is 1.82 bits per heavy atom. The third-order valence-corrected chi connectivity index (χ3v) is 6.02. The molecule has 0 bridgehead atoms. The summed E-state index contributed by atoms with van der Waals surface area (Å²) in [6.45, 7) is 0.808. The lowest BCUT2D eigenvalue weighted by Crippen LogP contribution is -2.25. The number of aromatic amines is 1. The summed E-state index contributed by atoms with van der Waals surface area (Å²) in [6.07, 6.45) is 0.458. The largest absolute Gasteiger partial charge is 0.497 e. The number of benzene rings is 3. The maximum Gasteiger partial charge on any atom is 0.414 e. The van der Waals surface area contributed by atoms with Crippen molar-refractivity contribution >= 4 is 34.3 Å². The highest BCUT2D eigenvalue weighted by Gasteiger charge is 2.26. The van der Waals surface area contributed by atoms with Crippen LogP contribution in [0.2, 0.25) is 0 Å². The monoisotopic (exact) mass is 455 g/mol. The molecule has 1 fully saturated rings. The van der Waals surface area contributed by atoms with Gasteiger partial charge in [0.1, 0.15) is 12.4 Å². The van der Waals surface area contributed by atoms with Crippen LogP contribution in [-0.4, -0.2) is 37.2 Å². The highest BCUT2D eigenvalue weighted by atomic mass is 16.6. The van der Waals surface area contributed by atoms with Gasteiger partial charge in [0.05, 0.1) is 25.0 Å². The summed E-state index contributed by atoms with van der Waals surface area (Å²) in [4.78, 5) is 30.0.